The second-order valence-electron chi connectivity index (χ2n) is 4.87. The van der Waals surface area contributed by atoms with Crippen LogP contribution in [0.25, 0.3) is 11.1 Å². The summed E-state index contributed by atoms with van der Waals surface area (Å²) < 4.78 is 10.3. The van der Waals surface area contributed by atoms with E-state index < -0.39 is 25.2 Å². The molecule has 0 aliphatic rings. The molecule has 128 valence electrons. The monoisotopic (exact) mass is 410 g/mol. The van der Waals surface area contributed by atoms with Crippen molar-refractivity contribution >= 4 is 126 Å². The van der Waals surface area contributed by atoms with E-state index in [1.165, 1.54) is 0 Å². The van der Waals surface area contributed by atoms with Crippen LogP contribution in [-0.2, 0) is 9.59 Å². The number of anilines is 2. The quantitative estimate of drug-likeness (QED) is 0.385. The van der Waals surface area contributed by atoms with E-state index in [1.54, 1.807) is 36.4 Å². The molecule has 8 nitrogen and oxygen atoms in total. The Hall–Kier alpha value is -0.147. The second kappa shape index (κ2) is 12.3. The number of carbonyl (C=O) groups is 2. The topological polar surface area (TPSA) is 145 Å². The molecule has 0 heterocycles. The van der Waals surface area contributed by atoms with E-state index in [1.807, 2.05) is 0 Å². The van der Waals surface area contributed by atoms with Gasteiger partial charge in [0.1, 0.15) is 11.5 Å². The number of hydrogen-bond donors (Lipinski definition) is 4. The summed E-state index contributed by atoms with van der Waals surface area (Å²) in [4.78, 5) is 21.2. The smallest absolute Gasteiger partial charge is 0.341 e. The fraction of sp³-hybridized carbons (Fsp3) is 0.125. The van der Waals surface area contributed by atoms with Crippen LogP contribution in [0.1, 0.15) is 0 Å². The summed E-state index contributed by atoms with van der Waals surface area (Å²) in [6.45, 7) is -1.02. The van der Waals surface area contributed by atoms with Gasteiger partial charge in [0.05, 0.1) is 11.4 Å². The number of carboxylic acids is 2. The summed E-state index contributed by atoms with van der Waals surface area (Å²) >= 11 is 0. The third-order valence-corrected chi connectivity index (χ3v) is 3.06. The zero-order chi connectivity index (χ0) is 17.7. The van der Waals surface area contributed by atoms with Crippen LogP contribution in [-0.4, -0.2) is 138 Å². The average molecular weight is 411 g/mol. The number of ether oxygens (including phenoxy) is 2. The van der Waals surface area contributed by atoms with E-state index in [0.29, 0.717) is 22.5 Å². The van der Waals surface area contributed by atoms with Crippen LogP contribution < -0.4 is 20.9 Å². The Labute approximate surface area is 235 Å². The van der Waals surface area contributed by atoms with Gasteiger partial charge in [0.25, 0.3) is 0 Å². The summed E-state index contributed by atoms with van der Waals surface area (Å²) in [5.41, 5.74) is 13.5. The van der Waals surface area contributed by atoms with Gasteiger partial charge in [0.15, 0.2) is 13.2 Å². The predicted octanol–water partition coefficient (Wildman–Crippen LogP) is 0.683. The summed E-state index contributed by atoms with van der Waals surface area (Å²) in [5.74, 6) is -1.76. The van der Waals surface area contributed by atoms with E-state index in [9.17, 15) is 9.59 Å². The third-order valence-electron chi connectivity index (χ3n) is 3.06. The van der Waals surface area contributed by atoms with Crippen molar-refractivity contribution in [1.82, 2.24) is 0 Å². The summed E-state index contributed by atoms with van der Waals surface area (Å²) in [6, 6.07) is 9.78. The molecule has 0 saturated heterocycles. The van der Waals surface area contributed by atoms with Crippen LogP contribution in [0, 0.1) is 0 Å². The van der Waals surface area contributed by atoms with Crippen molar-refractivity contribution in [2.75, 3.05) is 24.7 Å². The molecular weight excluding hydrogens is 394 g/mol. The van der Waals surface area contributed by atoms with Crippen molar-refractivity contribution in [3.8, 4) is 22.6 Å². The van der Waals surface area contributed by atoms with Crippen LogP contribution in [0.2, 0.25) is 0 Å². The maximum absolute atomic E-state index is 10.6. The minimum absolute atomic E-state index is 0. The zero-order valence-electron chi connectivity index (χ0n) is 14.6. The van der Waals surface area contributed by atoms with Crippen molar-refractivity contribution in [3.05, 3.63) is 36.4 Å². The maximum Gasteiger partial charge on any atom is 0.341 e. The molecule has 2 aromatic carbocycles. The fourth-order valence-corrected chi connectivity index (χ4v) is 1.96. The number of hydrogen-bond acceptors (Lipinski definition) is 6. The molecule has 0 amide bonds. The largest absolute Gasteiger partial charge is 0.480 e. The van der Waals surface area contributed by atoms with Gasteiger partial charge in [-0.3, -0.25) is 0 Å². The Balaban J connectivity index is 0.00000312. The SMILES string of the molecule is Nc1ccc(-c2ccc(N)c(OCC(=O)O)c2)cc1OCC(=O)O.[K].[K]. The molecule has 0 aromatic heterocycles. The number of rotatable bonds is 7. The molecule has 2 aromatic rings. The molecule has 0 unspecified atom stereocenters. The first kappa shape index (κ1) is 25.9. The molecule has 0 saturated carbocycles. The average Bonchev–Trinajstić information content (AvgIpc) is 2.53. The van der Waals surface area contributed by atoms with E-state index >= 15 is 0 Å². The standard InChI is InChI=1S/C16H16N2O6.2K/c17-11-3-1-9(5-13(11)23-7-15(19)20)10-2-4-12(18)14(6-10)24-8-16(21)22;;/h1-6H,7-8,17-18H2,(H,19,20)(H,21,22);;. The maximum atomic E-state index is 10.6. The van der Waals surface area contributed by atoms with Gasteiger partial charge in [0, 0.05) is 103 Å². The summed E-state index contributed by atoms with van der Waals surface area (Å²) in [5, 5.41) is 17.4. The van der Waals surface area contributed by atoms with Crippen molar-refractivity contribution < 1.29 is 29.3 Å². The van der Waals surface area contributed by atoms with Crippen molar-refractivity contribution in [2.24, 2.45) is 0 Å². The fourth-order valence-electron chi connectivity index (χ4n) is 1.96. The van der Waals surface area contributed by atoms with Crippen LogP contribution in [0.5, 0.6) is 11.5 Å². The van der Waals surface area contributed by atoms with Crippen molar-refractivity contribution in [1.29, 1.82) is 0 Å². The number of carboxylic acid groups (broad SMARTS) is 2. The molecule has 0 atom stereocenters. The van der Waals surface area contributed by atoms with Gasteiger partial charge in [-0.05, 0) is 35.4 Å². The number of nitrogens with two attached hydrogens (primary N) is 2. The molecule has 0 spiro atoms. The predicted molar refractivity (Wildman–Crippen MR) is 98.5 cm³/mol. The Morgan fingerprint density at radius 2 is 1.12 bits per heavy atom. The van der Waals surface area contributed by atoms with Crippen LogP contribution in [0.3, 0.4) is 0 Å². The Bertz CT molecular complexity index is 720. The van der Waals surface area contributed by atoms with Gasteiger partial charge < -0.3 is 31.2 Å². The second-order valence-corrected chi connectivity index (χ2v) is 4.87. The van der Waals surface area contributed by atoms with E-state index in [2.05, 4.69) is 0 Å². The van der Waals surface area contributed by atoms with Gasteiger partial charge >= 0.3 is 11.9 Å². The molecular formula is C16H16K2N2O6. The number of aliphatic carboxylic acids is 2. The van der Waals surface area contributed by atoms with Crippen LogP contribution in [0.4, 0.5) is 11.4 Å². The van der Waals surface area contributed by atoms with Crippen LogP contribution >= 0.6 is 0 Å². The molecule has 0 bridgehead atoms. The molecule has 6 N–H and O–H groups in total. The first-order valence-electron chi connectivity index (χ1n) is 6.85. The first-order valence-corrected chi connectivity index (χ1v) is 6.85. The van der Waals surface area contributed by atoms with Gasteiger partial charge in [0.2, 0.25) is 0 Å². The minimum Gasteiger partial charge on any atom is -0.480 e. The van der Waals surface area contributed by atoms with E-state index in [0.717, 1.165) is 0 Å². The van der Waals surface area contributed by atoms with Gasteiger partial charge in [-0.15, -0.1) is 0 Å². The van der Waals surface area contributed by atoms with Crippen molar-refractivity contribution in [2.45, 2.75) is 0 Å². The molecule has 2 rings (SSSR count). The summed E-state index contributed by atoms with van der Waals surface area (Å²) in [6.07, 6.45) is 0. The summed E-state index contributed by atoms with van der Waals surface area (Å²) in [7, 11) is 0. The van der Waals surface area contributed by atoms with E-state index in [4.69, 9.17) is 31.2 Å². The first-order chi connectivity index (χ1) is 11.4. The Morgan fingerprint density at radius 3 is 1.42 bits per heavy atom. The van der Waals surface area contributed by atoms with Crippen LogP contribution in [0.15, 0.2) is 36.4 Å². The molecule has 10 heteroatoms. The zero-order valence-corrected chi connectivity index (χ0v) is 20.8. The van der Waals surface area contributed by atoms with Gasteiger partial charge in [-0.2, -0.15) is 0 Å². The van der Waals surface area contributed by atoms with E-state index in [-0.39, 0.29) is 114 Å². The number of benzene rings is 2. The number of nitrogen functional groups attached to an aromatic ring is 2. The molecule has 0 aliphatic heterocycles. The molecule has 0 fully saturated rings. The van der Waals surface area contributed by atoms with Crippen molar-refractivity contribution in [3.63, 3.8) is 0 Å². The Morgan fingerprint density at radius 1 is 0.769 bits per heavy atom. The molecule has 2 radical (unpaired) electrons. The minimum atomic E-state index is -1.11. The molecule has 26 heavy (non-hydrogen) atoms. The van der Waals surface area contributed by atoms with Gasteiger partial charge in [-0.1, -0.05) is 12.1 Å². The normalized spacial score (nSPS) is 9.38. The Kier molecular flexibility index (Phi) is 12.3. The molecule has 0 aliphatic carbocycles. The van der Waals surface area contributed by atoms with Gasteiger partial charge in [-0.25, -0.2) is 9.59 Å². The third kappa shape index (κ3) is 7.84.